The van der Waals surface area contributed by atoms with E-state index in [4.69, 9.17) is 0 Å². The molecule has 0 spiro atoms. The number of aromatic hydroxyl groups is 1. The predicted molar refractivity (Wildman–Crippen MR) is 80.1 cm³/mol. The van der Waals surface area contributed by atoms with Crippen molar-refractivity contribution in [2.75, 3.05) is 27.2 Å². The van der Waals surface area contributed by atoms with Crippen molar-refractivity contribution in [1.29, 1.82) is 0 Å². The molecule has 104 valence electrons. The molecular weight excluding hydrogens is 271 g/mol. The monoisotopic (exact) mass is 292 g/mol. The van der Waals surface area contributed by atoms with Gasteiger partial charge in [-0.05, 0) is 57.7 Å². The highest BCUT2D eigenvalue weighted by Gasteiger charge is 2.35. The van der Waals surface area contributed by atoms with Crippen molar-refractivity contribution in [2.45, 2.75) is 18.4 Å². The minimum Gasteiger partial charge on any atom is -0.508 e. The number of halogens is 2. The number of phenolic OH excluding ortho intramolecular Hbond substituents is 1. The van der Waals surface area contributed by atoms with Gasteiger partial charge in [-0.1, -0.05) is 12.1 Å². The lowest BCUT2D eigenvalue weighted by Crippen LogP contribution is -2.49. The summed E-state index contributed by atoms with van der Waals surface area (Å²) in [6, 6.07) is 7.67. The SMILES string of the molecule is CN(C)C1(c2cccc(O)c2)CCNCC1.Cl.Cl. The highest BCUT2D eigenvalue weighted by molar-refractivity contribution is 5.85. The average molecular weight is 293 g/mol. The summed E-state index contributed by atoms with van der Waals surface area (Å²) in [5, 5.41) is 13.0. The van der Waals surface area contributed by atoms with Gasteiger partial charge >= 0.3 is 0 Å². The predicted octanol–water partition coefficient (Wildman–Crippen LogP) is 2.38. The van der Waals surface area contributed by atoms with Gasteiger partial charge < -0.3 is 10.4 Å². The van der Waals surface area contributed by atoms with E-state index >= 15 is 0 Å². The summed E-state index contributed by atoms with van der Waals surface area (Å²) in [4.78, 5) is 2.28. The van der Waals surface area contributed by atoms with Gasteiger partial charge in [0.1, 0.15) is 5.75 Å². The molecule has 3 nitrogen and oxygen atoms in total. The van der Waals surface area contributed by atoms with Crippen LogP contribution in [0, 0.1) is 0 Å². The number of nitrogens with one attached hydrogen (secondary N) is 1. The fourth-order valence-electron chi connectivity index (χ4n) is 2.63. The Kier molecular flexibility index (Phi) is 7.00. The Morgan fingerprint density at radius 3 is 2.28 bits per heavy atom. The maximum atomic E-state index is 9.61. The molecule has 1 aromatic carbocycles. The molecule has 1 saturated heterocycles. The Labute approximate surface area is 121 Å². The summed E-state index contributed by atoms with van der Waals surface area (Å²) in [6.07, 6.45) is 2.17. The van der Waals surface area contributed by atoms with Crippen molar-refractivity contribution < 1.29 is 5.11 Å². The van der Waals surface area contributed by atoms with E-state index in [2.05, 4.69) is 30.4 Å². The quantitative estimate of drug-likeness (QED) is 0.879. The topological polar surface area (TPSA) is 35.5 Å². The van der Waals surface area contributed by atoms with Crippen LogP contribution in [0.15, 0.2) is 24.3 Å². The second-order valence-corrected chi connectivity index (χ2v) is 4.73. The number of rotatable bonds is 2. The molecule has 0 saturated carbocycles. The minimum absolute atomic E-state index is 0. The van der Waals surface area contributed by atoms with Crippen molar-refractivity contribution in [3.63, 3.8) is 0 Å². The number of hydrogen-bond acceptors (Lipinski definition) is 3. The number of hydrogen-bond donors (Lipinski definition) is 2. The molecule has 0 bridgehead atoms. The lowest BCUT2D eigenvalue weighted by atomic mass is 9.80. The summed E-state index contributed by atoms with van der Waals surface area (Å²) in [6.45, 7) is 2.07. The molecule has 0 unspecified atom stereocenters. The smallest absolute Gasteiger partial charge is 0.115 e. The molecule has 1 heterocycles. The molecule has 1 aliphatic rings. The summed E-state index contributed by atoms with van der Waals surface area (Å²) in [5.74, 6) is 0.359. The first-order chi connectivity index (χ1) is 7.65. The standard InChI is InChI=1S/C13H20N2O.2ClH/c1-15(2)13(6-8-14-9-7-13)11-4-3-5-12(16)10-11;;/h3-5,10,14,16H,6-9H2,1-2H3;2*1H. The minimum atomic E-state index is 0. The molecule has 2 N–H and O–H groups in total. The lowest BCUT2D eigenvalue weighted by Gasteiger charge is -2.43. The molecule has 18 heavy (non-hydrogen) atoms. The molecule has 5 heteroatoms. The van der Waals surface area contributed by atoms with Crippen LogP contribution in [0.25, 0.3) is 0 Å². The van der Waals surface area contributed by atoms with E-state index in [0.29, 0.717) is 5.75 Å². The van der Waals surface area contributed by atoms with Gasteiger partial charge in [-0.25, -0.2) is 0 Å². The molecule has 2 rings (SSSR count). The number of phenols is 1. The fourth-order valence-corrected chi connectivity index (χ4v) is 2.63. The molecule has 1 fully saturated rings. The van der Waals surface area contributed by atoms with Crippen molar-refractivity contribution >= 4 is 24.8 Å². The Morgan fingerprint density at radius 1 is 1.17 bits per heavy atom. The zero-order chi connectivity index (χ0) is 11.6. The van der Waals surface area contributed by atoms with Gasteiger partial charge in [-0.2, -0.15) is 0 Å². The van der Waals surface area contributed by atoms with E-state index in [0.717, 1.165) is 25.9 Å². The normalized spacial score (nSPS) is 17.7. The van der Waals surface area contributed by atoms with Crippen molar-refractivity contribution in [3.8, 4) is 5.75 Å². The summed E-state index contributed by atoms with van der Waals surface area (Å²) < 4.78 is 0. The Morgan fingerprint density at radius 2 is 1.78 bits per heavy atom. The summed E-state index contributed by atoms with van der Waals surface area (Å²) in [7, 11) is 4.24. The van der Waals surface area contributed by atoms with Crippen molar-refractivity contribution in [2.24, 2.45) is 0 Å². The maximum Gasteiger partial charge on any atom is 0.115 e. The largest absolute Gasteiger partial charge is 0.508 e. The molecule has 0 amide bonds. The maximum absolute atomic E-state index is 9.61. The van der Waals surface area contributed by atoms with Crippen LogP contribution in [0.5, 0.6) is 5.75 Å². The first-order valence-electron chi connectivity index (χ1n) is 5.83. The van der Waals surface area contributed by atoms with Crippen LogP contribution in [-0.2, 0) is 5.54 Å². The third-order valence-electron chi connectivity index (χ3n) is 3.67. The molecular formula is C13H22Cl2N2O. The summed E-state index contributed by atoms with van der Waals surface area (Å²) in [5.41, 5.74) is 1.29. The molecule has 0 aromatic heterocycles. The van der Waals surface area contributed by atoms with Crippen LogP contribution in [0.2, 0.25) is 0 Å². The van der Waals surface area contributed by atoms with Gasteiger partial charge in [-0.15, -0.1) is 24.8 Å². The molecule has 1 aromatic rings. The first-order valence-corrected chi connectivity index (χ1v) is 5.83. The van der Waals surface area contributed by atoms with E-state index in [1.165, 1.54) is 5.56 Å². The molecule has 1 aliphatic heterocycles. The van der Waals surface area contributed by atoms with Gasteiger partial charge in [0.2, 0.25) is 0 Å². The van der Waals surface area contributed by atoms with Crippen LogP contribution in [0.3, 0.4) is 0 Å². The Hall–Kier alpha value is -0.480. The zero-order valence-electron chi connectivity index (χ0n) is 10.8. The van der Waals surface area contributed by atoms with Crippen molar-refractivity contribution in [1.82, 2.24) is 10.2 Å². The van der Waals surface area contributed by atoms with Crippen molar-refractivity contribution in [3.05, 3.63) is 29.8 Å². The summed E-state index contributed by atoms with van der Waals surface area (Å²) >= 11 is 0. The highest BCUT2D eigenvalue weighted by Crippen LogP contribution is 2.36. The first kappa shape index (κ1) is 17.5. The number of nitrogens with zero attached hydrogens (tertiary/aromatic N) is 1. The molecule has 0 aliphatic carbocycles. The second-order valence-electron chi connectivity index (χ2n) is 4.73. The van der Waals surface area contributed by atoms with Crippen LogP contribution in [0.4, 0.5) is 0 Å². The Bertz CT molecular complexity index is 366. The van der Waals surface area contributed by atoms with Gasteiger partial charge in [0.05, 0.1) is 0 Å². The molecule has 0 atom stereocenters. The van der Waals surface area contributed by atoms with E-state index < -0.39 is 0 Å². The van der Waals surface area contributed by atoms with E-state index in [9.17, 15) is 5.11 Å². The highest BCUT2D eigenvalue weighted by atomic mass is 35.5. The van der Waals surface area contributed by atoms with Gasteiger partial charge in [0.25, 0.3) is 0 Å². The second kappa shape index (κ2) is 7.19. The number of piperidine rings is 1. The van der Waals surface area contributed by atoms with E-state index in [1.807, 2.05) is 12.1 Å². The zero-order valence-corrected chi connectivity index (χ0v) is 12.5. The average Bonchev–Trinajstić information content (AvgIpc) is 2.30. The van der Waals surface area contributed by atoms with Gasteiger partial charge in [0.15, 0.2) is 0 Å². The van der Waals surface area contributed by atoms with Crippen LogP contribution >= 0.6 is 24.8 Å². The van der Waals surface area contributed by atoms with E-state index in [1.54, 1.807) is 6.07 Å². The Balaban J connectivity index is 0.00000144. The third kappa shape index (κ3) is 3.29. The van der Waals surface area contributed by atoms with Gasteiger partial charge in [0, 0.05) is 5.54 Å². The lowest BCUT2D eigenvalue weighted by molar-refractivity contribution is 0.107. The van der Waals surface area contributed by atoms with Crippen LogP contribution in [0.1, 0.15) is 18.4 Å². The van der Waals surface area contributed by atoms with Crippen LogP contribution in [-0.4, -0.2) is 37.2 Å². The van der Waals surface area contributed by atoms with Gasteiger partial charge in [-0.3, -0.25) is 4.90 Å². The fraction of sp³-hybridized carbons (Fsp3) is 0.538. The molecule has 0 radical (unpaired) electrons. The third-order valence-corrected chi connectivity index (χ3v) is 3.67. The van der Waals surface area contributed by atoms with E-state index in [-0.39, 0.29) is 30.4 Å². The number of benzene rings is 1. The van der Waals surface area contributed by atoms with Crippen LogP contribution < -0.4 is 5.32 Å².